The number of aryl methyl sites for hydroxylation is 1. The van der Waals surface area contributed by atoms with E-state index >= 15 is 0 Å². The predicted molar refractivity (Wildman–Crippen MR) is 108 cm³/mol. The monoisotopic (exact) mass is 361 g/mol. The van der Waals surface area contributed by atoms with Crippen molar-refractivity contribution in [1.29, 1.82) is 0 Å². The first-order chi connectivity index (χ1) is 12.9. The van der Waals surface area contributed by atoms with Crippen LogP contribution in [-0.2, 0) is 17.6 Å². The molecule has 0 radical (unpaired) electrons. The number of Topliss-reactive ketones (excluding diaryl/α,β-unsaturated/α-hetero) is 1. The lowest BCUT2D eigenvalue weighted by molar-refractivity contribution is -0.122. The molecule has 138 valence electrons. The zero-order valence-corrected chi connectivity index (χ0v) is 15.8. The summed E-state index contributed by atoms with van der Waals surface area (Å²) < 4.78 is 13.9. The van der Waals surface area contributed by atoms with Crippen molar-refractivity contribution in [2.24, 2.45) is 5.92 Å². The highest BCUT2D eigenvalue weighted by Gasteiger charge is 2.21. The smallest absolute Gasteiger partial charge is 0.149 e. The van der Waals surface area contributed by atoms with Gasteiger partial charge in [0, 0.05) is 23.4 Å². The molecule has 0 N–H and O–H groups in total. The summed E-state index contributed by atoms with van der Waals surface area (Å²) in [7, 11) is 0. The van der Waals surface area contributed by atoms with E-state index in [-0.39, 0.29) is 17.5 Å². The average Bonchev–Trinajstić information content (AvgIpc) is 2.63. The Labute approximate surface area is 159 Å². The number of hydrogen-bond donors (Lipinski definition) is 0. The van der Waals surface area contributed by atoms with E-state index in [1.807, 2.05) is 56.3 Å². The molecule has 3 aromatic rings. The molecule has 0 fully saturated rings. The standard InChI is InChI=1S/C24H24FNO/c1-16(2)12-21(13-18-8-5-4-6-9-18)23(27)15-20-14-19-10-7-11-22(25)24(19)26-17(20)3/h4-11,14,21H,1,12-13,15H2,2-3H3. The van der Waals surface area contributed by atoms with Gasteiger partial charge in [-0.05, 0) is 49.9 Å². The number of aromatic nitrogens is 1. The molecular weight excluding hydrogens is 337 g/mol. The number of rotatable bonds is 7. The molecule has 0 saturated carbocycles. The van der Waals surface area contributed by atoms with Crippen LogP contribution in [0.1, 0.15) is 30.2 Å². The van der Waals surface area contributed by atoms with Gasteiger partial charge in [0.25, 0.3) is 0 Å². The minimum absolute atomic E-state index is 0.118. The van der Waals surface area contributed by atoms with Gasteiger partial charge < -0.3 is 0 Å². The molecule has 2 nitrogen and oxygen atoms in total. The van der Waals surface area contributed by atoms with Gasteiger partial charge in [0.05, 0.1) is 0 Å². The van der Waals surface area contributed by atoms with Crippen LogP contribution in [0.5, 0.6) is 0 Å². The Bertz CT molecular complexity index is 978. The Balaban J connectivity index is 1.85. The van der Waals surface area contributed by atoms with Crippen molar-refractivity contribution >= 4 is 16.7 Å². The summed E-state index contributed by atoms with van der Waals surface area (Å²) >= 11 is 0. The molecule has 0 aliphatic heterocycles. The molecule has 2 aromatic carbocycles. The van der Waals surface area contributed by atoms with E-state index in [1.165, 1.54) is 6.07 Å². The van der Waals surface area contributed by atoms with Crippen molar-refractivity contribution in [3.8, 4) is 0 Å². The zero-order chi connectivity index (χ0) is 19.4. The van der Waals surface area contributed by atoms with E-state index in [0.29, 0.717) is 30.5 Å². The van der Waals surface area contributed by atoms with Crippen molar-refractivity contribution in [3.05, 3.63) is 89.4 Å². The highest BCUT2D eigenvalue weighted by Crippen LogP contribution is 2.23. The Hall–Kier alpha value is -2.81. The molecule has 0 aliphatic rings. The topological polar surface area (TPSA) is 30.0 Å². The summed E-state index contributed by atoms with van der Waals surface area (Å²) in [5.74, 6) is -0.285. The minimum Gasteiger partial charge on any atom is -0.299 e. The number of nitrogens with zero attached hydrogens (tertiary/aromatic N) is 1. The van der Waals surface area contributed by atoms with Crippen molar-refractivity contribution in [2.45, 2.75) is 33.1 Å². The number of benzene rings is 2. The summed E-state index contributed by atoms with van der Waals surface area (Å²) in [6.45, 7) is 7.78. The third kappa shape index (κ3) is 4.68. The molecule has 1 unspecified atom stereocenters. The molecule has 0 saturated heterocycles. The fraction of sp³-hybridized carbons (Fsp3) is 0.250. The van der Waals surface area contributed by atoms with Crippen LogP contribution in [0.2, 0.25) is 0 Å². The number of halogens is 1. The number of allylic oxidation sites excluding steroid dienone is 1. The molecule has 3 rings (SSSR count). The first kappa shape index (κ1) is 19.0. The average molecular weight is 361 g/mol. The number of carbonyl (C=O) groups excluding carboxylic acids is 1. The second-order valence-electron chi connectivity index (χ2n) is 7.24. The fourth-order valence-electron chi connectivity index (χ4n) is 3.43. The number of fused-ring (bicyclic) bond motifs is 1. The Kier molecular flexibility index (Phi) is 5.80. The van der Waals surface area contributed by atoms with E-state index in [2.05, 4.69) is 11.6 Å². The van der Waals surface area contributed by atoms with Crippen LogP contribution < -0.4 is 0 Å². The first-order valence-electron chi connectivity index (χ1n) is 9.20. The number of pyridine rings is 1. The van der Waals surface area contributed by atoms with Crippen LogP contribution >= 0.6 is 0 Å². The maximum absolute atomic E-state index is 13.9. The van der Waals surface area contributed by atoms with Crippen LogP contribution in [0.25, 0.3) is 10.9 Å². The van der Waals surface area contributed by atoms with Crippen LogP contribution in [0, 0.1) is 18.7 Å². The van der Waals surface area contributed by atoms with Crippen molar-refractivity contribution < 1.29 is 9.18 Å². The van der Waals surface area contributed by atoms with E-state index in [4.69, 9.17) is 0 Å². The predicted octanol–water partition coefficient (Wildman–Crippen LogP) is 5.62. The van der Waals surface area contributed by atoms with Crippen molar-refractivity contribution in [3.63, 3.8) is 0 Å². The van der Waals surface area contributed by atoms with E-state index in [0.717, 1.165) is 22.1 Å². The number of carbonyl (C=O) groups is 1. The van der Waals surface area contributed by atoms with Gasteiger partial charge in [-0.2, -0.15) is 0 Å². The molecule has 0 bridgehead atoms. The van der Waals surface area contributed by atoms with E-state index in [1.54, 1.807) is 6.07 Å². The molecule has 1 aromatic heterocycles. The van der Waals surface area contributed by atoms with Gasteiger partial charge in [0.1, 0.15) is 17.1 Å². The van der Waals surface area contributed by atoms with Crippen LogP contribution in [0.4, 0.5) is 4.39 Å². The van der Waals surface area contributed by atoms with Crippen molar-refractivity contribution in [1.82, 2.24) is 4.98 Å². The fourth-order valence-corrected chi connectivity index (χ4v) is 3.43. The summed E-state index contributed by atoms with van der Waals surface area (Å²) in [5.41, 5.74) is 4.06. The van der Waals surface area contributed by atoms with Gasteiger partial charge in [-0.25, -0.2) is 9.37 Å². The van der Waals surface area contributed by atoms with Gasteiger partial charge in [-0.3, -0.25) is 4.79 Å². The summed E-state index contributed by atoms with van der Waals surface area (Å²) in [6.07, 6.45) is 1.67. The van der Waals surface area contributed by atoms with Gasteiger partial charge >= 0.3 is 0 Å². The second kappa shape index (κ2) is 8.26. The van der Waals surface area contributed by atoms with Crippen LogP contribution in [-0.4, -0.2) is 10.8 Å². The molecule has 1 atom stereocenters. The molecule has 0 aliphatic carbocycles. The first-order valence-corrected chi connectivity index (χ1v) is 9.20. The SMILES string of the molecule is C=C(C)CC(Cc1ccccc1)C(=O)Cc1cc2cccc(F)c2nc1C. The Morgan fingerprint density at radius 3 is 2.59 bits per heavy atom. The Morgan fingerprint density at radius 2 is 1.89 bits per heavy atom. The highest BCUT2D eigenvalue weighted by atomic mass is 19.1. The third-order valence-corrected chi connectivity index (χ3v) is 4.83. The van der Waals surface area contributed by atoms with Gasteiger partial charge in [0.15, 0.2) is 0 Å². The largest absolute Gasteiger partial charge is 0.299 e. The number of ketones is 1. The van der Waals surface area contributed by atoms with Crippen LogP contribution in [0.3, 0.4) is 0 Å². The third-order valence-electron chi connectivity index (χ3n) is 4.83. The molecule has 0 spiro atoms. The Morgan fingerprint density at radius 1 is 1.15 bits per heavy atom. The van der Waals surface area contributed by atoms with Crippen molar-refractivity contribution in [2.75, 3.05) is 0 Å². The molecule has 3 heteroatoms. The zero-order valence-electron chi connectivity index (χ0n) is 15.8. The van der Waals surface area contributed by atoms with Crippen LogP contribution in [0.15, 0.2) is 66.7 Å². The van der Waals surface area contributed by atoms with E-state index < -0.39 is 0 Å². The van der Waals surface area contributed by atoms with Gasteiger partial charge in [-0.1, -0.05) is 48.0 Å². The summed E-state index contributed by atoms with van der Waals surface area (Å²) in [6, 6.07) is 16.8. The number of hydrogen-bond acceptors (Lipinski definition) is 2. The molecule has 27 heavy (non-hydrogen) atoms. The highest BCUT2D eigenvalue weighted by molar-refractivity contribution is 5.86. The van der Waals surface area contributed by atoms with E-state index in [9.17, 15) is 9.18 Å². The van der Waals surface area contributed by atoms with Gasteiger partial charge in [-0.15, -0.1) is 6.58 Å². The molecule has 1 heterocycles. The molecular formula is C24H24FNO. The minimum atomic E-state index is -0.335. The molecule has 0 amide bonds. The maximum Gasteiger partial charge on any atom is 0.149 e. The lowest BCUT2D eigenvalue weighted by Gasteiger charge is -2.17. The second-order valence-corrected chi connectivity index (χ2v) is 7.24. The number of para-hydroxylation sites is 1. The van der Waals surface area contributed by atoms with Gasteiger partial charge in [0.2, 0.25) is 0 Å². The normalized spacial score (nSPS) is 12.1. The lowest BCUT2D eigenvalue weighted by atomic mass is 9.87. The lowest BCUT2D eigenvalue weighted by Crippen LogP contribution is -2.20. The maximum atomic E-state index is 13.9. The summed E-state index contributed by atoms with van der Waals surface area (Å²) in [4.78, 5) is 17.5. The summed E-state index contributed by atoms with van der Waals surface area (Å²) in [5, 5.41) is 0.725. The quantitative estimate of drug-likeness (QED) is 0.511.